The van der Waals surface area contributed by atoms with Crippen LogP contribution in [0.5, 0.6) is 0 Å². The summed E-state index contributed by atoms with van der Waals surface area (Å²) in [6.07, 6.45) is 13.4. The van der Waals surface area contributed by atoms with Crippen LogP contribution in [-0.2, 0) is 48.6 Å². The first-order valence-electron chi connectivity index (χ1n) is 18.4. The lowest BCUT2D eigenvalue weighted by Crippen LogP contribution is -2.39. The van der Waals surface area contributed by atoms with Crippen molar-refractivity contribution < 1.29 is 14.0 Å². The normalized spacial score (nSPS) is 13.7. The number of pyridine rings is 2. The van der Waals surface area contributed by atoms with E-state index >= 15 is 0 Å². The zero-order chi connectivity index (χ0) is 38.2. The maximum Gasteiger partial charge on any atom is 0.229 e. The number of nitrogens with zero attached hydrogens (tertiary/aromatic N) is 11. The highest BCUT2D eigenvalue weighted by molar-refractivity contribution is 7.14. The largest absolute Gasteiger partial charge is 0.441 e. The number of amides is 2. The quantitative estimate of drug-likeness (QED) is 0.202. The molecule has 0 bridgehead atoms. The molecule has 0 fully saturated rings. The average Bonchev–Trinajstić information content (AvgIpc) is 4.05. The van der Waals surface area contributed by atoms with E-state index in [4.69, 9.17) is 4.42 Å². The average molecular weight is 764 g/mol. The van der Waals surface area contributed by atoms with Crippen molar-refractivity contribution in [3.8, 4) is 21.9 Å². The van der Waals surface area contributed by atoms with E-state index in [0.29, 0.717) is 38.5 Å². The Morgan fingerprint density at radius 2 is 1.21 bits per heavy atom. The Labute approximate surface area is 325 Å². The summed E-state index contributed by atoms with van der Waals surface area (Å²) in [7, 11) is 0. The summed E-state index contributed by atoms with van der Waals surface area (Å²) in [6, 6.07) is 16.2. The van der Waals surface area contributed by atoms with E-state index in [1.54, 1.807) is 29.9 Å². The van der Waals surface area contributed by atoms with Crippen molar-refractivity contribution in [1.29, 1.82) is 0 Å². The van der Waals surface area contributed by atoms with Crippen LogP contribution in [-0.4, -0.2) is 79.0 Å². The Hall–Kier alpha value is -6.61. The van der Waals surface area contributed by atoms with Crippen molar-refractivity contribution in [3.63, 3.8) is 0 Å². The van der Waals surface area contributed by atoms with Crippen LogP contribution in [0.4, 0.5) is 0 Å². The zero-order valence-corrected chi connectivity index (χ0v) is 31.7. The molecule has 0 saturated carbocycles. The summed E-state index contributed by atoms with van der Waals surface area (Å²) >= 11 is 1.57. The van der Waals surface area contributed by atoms with Gasteiger partial charge in [0.25, 0.3) is 0 Å². The van der Waals surface area contributed by atoms with Gasteiger partial charge < -0.3 is 23.4 Å². The van der Waals surface area contributed by atoms with Gasteiger partial charge >= 0.3 is 0 Å². The Morgan fingerprint density at radius 3 is 1.75 bits per heavy atom. The number of aromatic nitrogens is 9. The van der Waals surface area contributed by atoms with Crippen LogP contribution in [0.15, 0.2) is 96.3 Å². The number of benzene rings is 2. The molecule has 8 aromatic rings. The van der Waals surface area contributed by atoms with Gasteiger partial charge in [0.05, 0.1) is 43.5 Å². The second kappa shape index (κ2) is 14.9. The lowest BCUT2D eigenvalue weighted by Gasteiger charge is -2.27. The smallest absolute Gasteiger partial charge is 0.229 e. The van der Waals surface area contributed by atoms with Crippen molar-refractivity contribution in [2.24, 2.45) is 0 Å². The Balaban J connectivity index is 0.000000146. The molecule has 2 aliphatic heterocycles. The first-order chi connectivity index (χ1) is 27.3. The highest BCUT2D eigenvalue weighted by Gasteiger charge is 2.23. The number of aryl methyl sites for hydroxylation is 2. The lowest BCUT2D eigenvalue weighted by atomic mass is 10.1. The predicted molar refractivity (Wildman–Crippen MR) is 210 cm³/mol. The molecule has 280 valence electrons. The van der Waals surface area contributed by atoms with Gasteiger partial charge in [-0.1, -0.05) is 35.6 Å². The number of hydrogen-bond acceptors (Lipinski definition) is 11. The maximum atomic E-state index is 12.8. The third-order valence-corrected chi connectivity index (χ3v) is 11.0. The van der Waals surface area contributed by atoms with Crippen molar-refractivity contribution in [2.75, 3.05) is 13.1 Å². The third kappa shape index (κ3) is 7.40. The van der Waals surface area contributed by atoms with Gasteiger partial charge in [-0.25, -0.2) is 15.0 Å². The second-order valence-electron chi connectivity index (χ2n) is 13.9. The van der Waals surface area contributed by atoms with Gasteiger partial charge in [-0.3, -0.25) is 19.6 Å². The van der Waals surface area contributed by atoms with E-state index in [2.05, 4.69) is 50.3 Å². The van der Waals surface area contributed by atoms with Crippen LogP contribution >= 0.6 is 11.3 Å². The number of carbonyl (C=O) groups is 2. The number of rotatable bonds is 6. The Bertz CT molecular complexity index is 2540. The summed E-state index contributed by atoms with van der Waals surface area (Å²) in [5, 5.41) is 14.3. The minimum absolute atomic E-state index is 0.0723. The van der Waals surface area contributed by atoms with Crippen LogP contribution in [0.25, 0.3) is 43.4 Å². The SMILES string of the molecule is Cc1ncc(-c2ccc3cnc(CC(=O)N4CCn5ccnc5C4)cc3c2)o1.Cc1nnc(-c2ccc3cnc(CC(=O)N4CCn5ccnc5C4)cc3c2)s1. The molecule has 0 N–H and O–H groups in total. The molecule has 0 saturated heterocycles. The molecule has 0 radical (unpaired) electrons. The predicted octanol–water partition coefficient (Wildman–Crippen LogP) is 5.82. The molecule has 8 heterocycles. The maximum absolute atomic E-state index is 12.8. The summed E-state index contributed by atoms with van der Waals surface area (Å²) < 4.78 is 9.80. The molecule has 2 amide bonds. The van der Waals surface area contributed by atoms with Gasteiger partial charge in [0.2, 0.25) is 11.8 Å². The third-order valence-electron chi connectivity index (χ3n) is 10.1. The Morgan fingerprint density at radius 1 is 0.643 bits per heavy atom. The fourth-order valence-corrected chi connectivity index (χ4v) is 7.75. The molecule has 14 nitrogen and oxygen atoms in total. The molecule has 0 unspecified atom stereocenters. The van der Waals surface area contributed by atoms with E-state index < -0.39 is 0 Å². The standard InChI is InChI=1S/C21H19N5O2.C20H18N6OS/c1-14-23-12-19(28-14)15-2-3-16-11-24-18(9-17(16)8-15)10-21(27)26-7-6-25-5-4-22-20(25)13-26;1-13-23-24-20(28-13)14-2-3-15-11-22-17(9-16(15)8-14)10-19(27)26-7-6-25-5-4-21-18(25)12-26/h2-5,8-9,11-12H,6-7,10,13H2,1H3;2-5,8-9,11H,6-7,10,12H2,1H3. The van der Waals surface area contributed by atoms with Crippen LogP contribution in [0.1, 0.15) is 33.9 Å². The molecular formula is C41H37N11O3S. The van der Waals surface area contributed by atoms with E-state index in [1.807, 2.05) is 90.9 Å². The summed E-state index contributed by atoms with van der Waals surface area (Å²) in [4.78, 5) is 51.0. The van der Waals surface area contributed by atoms with E-state index in [-0.39, 0.29) is 18.2 Å². The topological polar surface area (TPSA) is 154 Å². The molecule has 10 rings (SSSR count). The number of hydrogen-bond donors (Lipinski definition) is 0. The first-order valence-corrected chi connectivity index (χ1v) is 19.2. The minimum Gasteiger partial charge on any atom is -0.441 e. The Kier molecular flexibility index (Phi) is 9.35. The second-order valence-corrected chi connectivity index (χ2v) is 15.1. The number of oxazole rings is 1. The number of imidazole rings is 2. The number of carbonyl (C=O) groups excluding carboxylic acids is 2. The van der Waals surface area contributed by atoms with Gasteiger partial charge in [0, 0.05) is 92.2 Å². The van der Waals surface area contributed by atoms with Crippen LogP contribution in [0.2, 0.25) is 0 Å². The van der Waals surface area contributed by atoms with Gasteiger partial charge in [-0.2, -0.15) is 0 Å². The van der Waals surface area contributed by atoms with Gasteiger partial charge in [-0.05, 0) is 42.0 Å². The molecule has 6 aromatic heterocycles. The molecule has 2 aromatic carbocycles. The molecule has 15 heteroatoms. The zero-order valence-electron chi connectivity index (χ0n) is 30.9. The van der Waals surface area contributed by atoms with Crippen molar-refractivity contribution in [1.82, 2.24) is 54.1 Å². The number of fused-ring (bicyclic) bond motifs is 4. The first kappa shape index (κ1) is 35.1. The van der Waals surface area contributed by atoms with E-state index in [1.165, 1.54) is 0 Å². The van der Waals surface area contributed by atoms with Crippen molar-refractivity contribution >= 4 is 44.7 Å². The van der Waals surface area contributed by atoms with Crippen molar-refractivity contribution in [3.05, 3.63) is 126 Å². The van der Waals surface area contributed by atoms with Gasteiger partial charge in [0.1, 0.15) is 21.7 Å². The van der Waals surface area contributed by atoms with Crippen LogP contribution in [0, 0.1) is 13.8 Å². The molecule has 0 spiro atoms. The fourth-order valence-electron chi connectivity index (χ4n) is 7.07. The molecule has 56 heavy (non-hydrogen) atoms. The van der Waals surface area contributed by atoms with Crippen LogP contribution < -0.4 is 0 Å². The molecular weight excluding hydrogens is 727 g/mol. The van der Waals surface area contributed by atoms with Crippen molar-refractivity contribution in [2.45, 2.75) is 52.9 Å². The molecule has 0 atom stereocenters. The fraction of sp³-hybridized carbons (Fsp3) is 0.244. The summed E-state index contributed by atoms with van der Waals surface area (Å²) in [5.41, 5.74) is 3.53. The molecule has 0 aliphatic carbocycles. The summed E-state index contributed by atoms with van der Waals surface area (Å²) in [6.45, 7) is 7.85. The highest BCUT2D eigenvalue weighted by Crippen LogP contribution is 2.28. The van der Waals surface area contributed by atoms with Crippen LogP contribution in [0.3, 0.4) is 0 Å². The molecule has 2 aliphatic rings. The summed E-state index contributed by atoms with van der Waals surface area (Å²) in [5.74, 6) is 3.39. The van der Waals surface area contributed by atoms with Gasteiger partial charge in [-0.15, -0.1) is 10.2 Å². The lowest BCUT2D eigenvalue weighted by molar-refractivity contribution is -0.132. The minimum atomic E-state index is 0.0723. The highest BCUT2D eigenvalue weighted by atomic mass is 32.1. The van der Waals surface area contributed by atoms with Gasteiger partial charge in [0.15, 0.2) is 11.7 Å². The van der Waals surface area contributed by atoms with E-state index in [0.717, 1.165) is 84.6 Å². The monoisotopic (exact) mass is 763 g/mol. The van der Waals surface area contributed by atoms with E-state index in [9.17, 15) is 9.59 Å².